The van der Waals surface area contributed by atoms with Crippen LogP contribution < -0.4 is 5.73 Å². The maximum absolute atomic E-state index is 5.75. The van der Waals surface area contributed by atoms with E-state index in [-0.39, 0.29) is 0 Å². The number of nitrogens with two attached hydrogens (primary N) is 1. The molecule has 0 aliphatic heterocycles. The second-order valence-electron chi connectivity index (χ2n) is 7.00. The third kappa shape index (κ3) is 15.6. The summed E-state index contributed by atoms with van der Waals surface area (Å²) in [6.07, 6.45) is 23.6. The maximum atomic E-state index is 5.75. The highest BCUT2D eigenvalue weighted by Gasteiger charge is 2.13. The van der Waals surface area contributed by atoms with Gasteiger partial charge in [-0.25, -0.2) is 0 Å². The molecule has 0 fully saturated rings. The monoisotopic (exact) mass is 293 g/mol. The molecular formula is C20H39N. The molecule has 0 rings (SSSR count). The second kappa shape index (κ2) is 14.4. The van der Waals surface area contributed by atoms with E-state index in [2.05, 4.69) is 45.1 Å². The van der Waals surface area contributed by atoms with Crippen molar-refractivity contribution >= 4 is 0 Å². The summed E-state index contributed by atoms with van der Waals surface area (Å²) in [5.41, 5.74) is 6.08. The molecular weight excluding hydrogens is 254 g/mol. The molecule has 21 heavy (non-hydrogen) atoms. The van der Waals surface area contributed by atoms with Crippen LogP contribution in [0.4, 0.5) is 0 Å². The average molecular weight is 294 g/mol. The van der Waals surface area contributed by atoms with Gasteiger partial charge in [0, 0.05) is 0 Å². The van der Waals surface area contributed by atoms with Gasteiger partial charge in [0.2, 0.25) is 0 Å². The first-order chi connectivity index (χ1) is 10.1. The Balaban J connectivity index is 3.29. The van der Waals surface area contributed by atoms with E-state index in [1.54, 1.807) is 0 Å². The minimum Gasteiger partial charge on any atom is -0.330 e. The first-order valence-corrected chi connectivity index (χ1v) is 9.12. The maximum Gasteiger partial charge on any atom is -0.00258 e. The Kier molecular flexibility index (Phi) is 14.0. The molecule has 0 heterocycles. The van der Waals surface area contributed by atoms with Crippen molar-refractivity contribution in [2.24, 2.45) is 11.1 Å². The molecule has 0 radical (unpaired) electrons. The summed E-state index contributed by atoms with van der Waals surface area (Å²) < 4.78 is 0. The van der Waals surface area contributed by atoms with Gasteiger partial charge in [-0.15, -0.1) is 0 Å². The largest absolute Gasteiger partial charge is 0.330 e. The molecule has 1 nitrogen and oxygen atoms in total. The Morgan fingerprint density at radius 3 is 1.90 bits per heavy atom. The summed E-state index contributed by atoms with van der Waals surface area (Å²) in [5, 5.41) is 0. The number of hydrogen-bond acceptors (Lipinski definition) is 1. The van der Waals surface area contributed by atoms with Crippen LogP contribution in [0, 0.1) is 5.41 Å². The zero-order valence-corrected chi connectivity index (χ0v) is 14.9. The molecule has 0 aromatic carbocycles. The quantitative estimate of drug-likeness (QED) is 0.291. The smallest absolute Gasteiger partial charge is 0.00258 e. The van der Waals surface area contributed by atoms with Crippen molar-refractivity contribution in [3.05, 3.63) is 24.3 Å². The van der Waals surface area contributed by atoms with Crippen molar-refractivity contribution in [2.75, 3.05) is 6.54 Å². The first-order valence-electron chi connectivity index (χ1n) is 9.12. The van der Waals surface area contributed by atoms with Crippen molar-refractivity contribution < 1.29 is 0 Å². The van der Waals surface area contributed by atoms with E-state index in [1.807, 2.05) is 0 Å². The summed E-state index contributed by atoms with van der Waals surface area (Å²) in [4.78, 5) is 0. The molecule has 0 unspecified atom stereocenters. The zero-order valence-electron chi connectivity index (χ0n) is 14.9. The van der Waals surface area contributed by atoms with E-state index in [9.17, 15) is 0 Å². The van der Waals surface area contributed by atoms with Gasteiger partial charge in [0.1, 0.15) is 0 Å². The highest BCUT2D eigenvalue weighted by molar-refractivity contribution is 4.92. The minimum absolute atomic E-state index is 0.337. The molecule has 0 amide bonds. The van der Waals surface area contributed by atoms with Gasteiger partial charge in [-0.3, -0.25) is 0 Å². The third-order valence-corrected chi connectivity index (χ3v) is 4.11. The summed E-state index contributed by atoms with van der Waals surface area (Å²) in [5.74, 6) is 0. The van der Waals surface area contributed by atoms with Crippen LogP contribution in [0.15, 0.2) is 24.3 Å². The fourth-order valence-electron chi connectivity index (χ4n) is 2.34. The van der Waals surface area contributed by atoms with E-state index >= 15 is 0 Å². The Morgan fingerprint density at radius 2 is 1.33 bits per heavy atom. The van der Waals surface area contributed by atoms with Gasteiger partial charge in [-0.1, -0.05) is 77.2 Å². The highest BCUT2D eigenvalue weighted by atomic mass is 14.6. The first kappa shape index (κ1) is 20.4. The van der Waals surface area contributed by atoms with Gasteiger partial charge in [-0.05, 0) is 50.5 Å². The highest BCUT2D eigenvalue weighted by Crippen LogP contribution is 2.22. The lowest BCUT2D eigenvalue weighted by atomic mass is 9.87. The lowest BCUT2D eigenvalue weighted by molar-refractivity contribution is 0.330. The number of hydrogen-bond donors (Lipinski definition) is 1. The van der Waals surface area contributed by atoms with E-state index in [1.165, 1.54) is 64.2 Å². The summed E-state index contributed by atoms with van der Waals surface area (Å²) in [7, 11) is 0. The SMILES string of the molecule is CCCCC/C=C\C/C=C\CCCCCCC(C)(C)CN. The van der Waals surface area contributed by atoms with Gasteiger partial charge in [0.15, 0.2) is 0 Å². The van der Waals surface area contributed by atoms with Crippen LogP contribution in [0.2, 0.25) is 0 Å². The lowest BCUT2D eigenvalue weighted by Crippen LogP contribution is -2.23. The van der Waals surface area contributed by atoms with Crippen LogP contribution in [0.1, 0.15) is 91.4 Å². The van der Waals surface area contributed by atoms with Crippen LogP contribution >= 0.6 is 0 Å². The van der Waals surface area contributed by atoms with Gasteiger partial charge in [-0.2, -0.15) is 0 Å². The molecule has 124 valence electrons. The van der Waals surface area contributed by atoms with Crippen molar-refractivity contribution in [2.45, 2.75) is 91.4 Å². The molecule has 0 aliphatic carbocycles. The topological polar surface area (TPSA) is 26.0 Å². The Morgan fingerprint density at radius 1 is 0.762 bits per heavy atom. The van der Waals surface area contributed by atoms with Gasteiger partial charge >= 0.3 is 0 Å². The number of rotatable bonds is 14. The molecule has 0 aliphatic rings. The Bertz CT molecular complexity index is 263. The predicted octanol–water partition coefficient (Wildman–Crippen LogP) is 6.39. The average Bonchev–Trinajstić information content (AvgIpc) is 2.47. The van der Waals surface area contributed by atoms with Crippen LogP contribution in [-0.2, 0) is 0 Å². The zero-order chi connectivity index (χ0) is 15.8. The van der Waals surface area contributed by atoms with Crippen molar-refractivity contribution in [3.8, 4) is 0 Å². The van der Waals surface area contributed by atoms with E-state index in [4.69, 9.17) is 5.73 Å². The normalized spacial score (nSPS) is 12.8. The number of unbranched alkanes of at least 4 members (excludes halogenated alkanes) is 7. The van der Waals surface area contributed by atoms with Gasteiger partial charge < -0.3 is 5.73 Å². The lowest BCUT2D eigenvalue weighted by Gasteiger charge is -2.21. The molecule has 0 aromatic rings. The van der Waals surface area contributed by atoms with Crippen LogP contribution in [0.3, 0.4) is 0 Å². The fraction of sp³-hybridized carbons (Fsp3) is 0.800. The molecule has 1 heteroatoms. The van der Waals surface area contributed by atoms with Crippen LogP contribution in [-0.4, -0.2) is 6.54 Å². The molecule has 0 aromatic heterocycles. The molecule has 0 bridgehead atoms. The Hall–Kier alpha value is -0.560. The minimum atomic E-state index is 0.337. The molecule has 0 saturated heterocycles. The van der Waals surface area contributed by atoms with Crippen molar-refractivity contribution in [3.63, 3.8) is 0 Å². The number of allylic oxidation sites excluding steroid dienone is 4. The van der Waals surface area contributed by atoms with Crippen LogP contribution in [0.25, 0.3) is 0 Å². The fourth-order valence-corrected chi connectivity index (χ4v) is 2.34. The summed E-state index contributed by atoms with van der Waals surface area (Å²) in [6.45, 7) is 7.60. The summed E-state index contributed by atoms with van der Waals surface area (Å²) >= 11 is 0. The van der Waals surface area contributed by atoms with Gasteiger partial charge in [0.05, 0.1) is 0 Å². The van der Waals surface area contributed by atoms with E-state index in [0.717, 1.165) is 13.0 Å². The standard InChI is InChI=1S/C20H39N/c1-4-5-6-7-8-9-10-11-12-13-14-15-16-17-18-20(2,3)19-21/h8-9,11-12H,4-7,10,13-19,21H2,1-3H3/b9-8-,12-11-. The third-order valence-electron chi connectivity index (χ3n) is 4.11. The second-order valence-corrected chi connectivity index (χ2v) is 7.00. The van der Waals surface area contributed by atoms with E-state index < -0.39 is 0 Å². The predicted molar refractivity (Wildman–Crippen MR) is 97.6 cm³/mol. The van der Waals surface area contributed by atoms with Crippen LogP contribution in [0.5, 0.6) is 0 Å². The molecule has 0 atom stereocenters. The molecule has 0 saturated carbocycles. The molecule has 0 spiro atoms. The van der Waals surface area contributed by atoms with Crippen molar-refractivity contribution in [1.82, 2.24) is 0 Å². The molecule has 2 N–H and O–H groups in total. The van der Waals surface area contributed by atoms with E-state index in [0.29, 0.717) is 5.41 Å². The van der Waals surface area contributed by atoms with Gasteiger partial charge in [0.25, 0.3) is 0 Å². The summed E-state index contributed by atoms with van der Waals surface area (Å²) in [6, 6.07) is 0. The Labute approximate surface area is 134 Å². The van der Waals surface area contributed by atoms with Crippen molar-refractivity contribution in [1.29, 1.82) is 0 Å².